The van der Waals surface area contributed by atoms with Crippen LogP contribution in [-0.4, -0.2) is 28.1 Å². The fraction of sp³-hybridized carbons (Fsp3) is 0.933. The summed E-state index contributed by atoms with van der Waals surface area (Å²) in [5.41, 5.74) is 0. The van der Waals surface area contributed by atoms with Crippen molar-refractivity contribution in [2.45, 2.75) is 89.4 Å². The van der Waals surface area contributed by atoms with E-state index >= 15 is 0 Å². The number of rotatable bonds is 10. The molecule has 1 saturated heterocycles. The summed E-state index contributed by atoms with van der Waals surface area (Å²) >= 11 is 0. The molecule has 4 nitrogen and oxygen atoms in total. The van der Waals surface area contributed by atoms with Gasteiger partial charge in [0.1, 0.15) is 6.10 Å². The van der Waals surface area contributed by atoms with Crippen LogP contribution in [-0.2, 0) is 9.53 Å². The minimum absolute atomic E-state index is 0.199. The molecule has 0 aromatic rings. The van der Waals surface area contributed by atoms with Crippen LogP contribution in [0.3, 0.4) is 0 Å². The van der Waals surface area contributed by atoms with Crippen LogP contribution in [0.2, 0.25) is 0 Å². The summed E-state index contributed by atoms with van der Waals surface area (Å²) in [6, 6.07) is 0. The number of esters is 1. The molecule has 4 heteroatoms. The molecule has 1 aliphatic heterocycles. The van der Waals surface area contributed by atoms with Gasteiger partial charge in [-0.05, 0) is 6.42 Å². The maximum atomic E-state index is 11.0. The van der Waals surface area contributed by atoms with Crippen LogP contribution < -0.4 is 0 Å². The summed E-state index contributed by atoms with van der Waals surface area (Å²) in [6.07, 6.45) is 9.51. The van der Waals surface area contributed by atoms with Crippen LogP contribution in [0, 0.1) is 0 Å². The molecular weight excluding hydrogens is 244 g/mol. The van der Waals surface area contributed by atoms with Gasteiger partial charge in [0.25, 0.3) is 0 Å². The fourth-order valence-electron chi connectivity index (χ4n) is 2.51. The van der Waals surface area contributed by atoms with Crippen LogP contribution >= 0.6 is 0 Å². The van der Waals surface area contributed by atoms with Crippen LogP contribution in [0.15, 0.2) is 0 Å². The van der Waals surface area contributed by atoms with E-state index in [-0.39, 0.29) is 12.8 Å². The summed E-state index contributed by atoms with van der Waals surface area (Å²) in [6.45, 7) is 2.21. The molecule has 1 rings (SSSR count). The van der Waals surface area contributed by atoms with E-state index in [9.17, 15) is 15.0 Å². The number of carbonyl (C=O) groups is 1. The lowest BCUT2D eigenvalue weighted by Gasteiger charge is -2.26. The first-order valence-electron chi connectivity index (χ1n) is 7.71. The lowest BCUT2D eigenvalue weighted by Crippen LogP contribution is -2.41. The van der Waals surface area contributed by atoms with E-state index in [4.69, 9.17) is 4.74 Å². The quantitative estimate of drug-likeness (QED) is 0.474. The van der Waals surface area contributed by atoms with Gasteiger partial charge in [0, 0.05) is 6.42 Å². The fourth-order valence-corrected chi connectivity index (χ4v) is 2.51. The first-order valence-corrected chi connectivity index (χ1v) is 7.71. The smallest absolute Gasteiger partial charge is 0.308 e. The summed E-state index contributed by atoms with van der Waals surface area (Å²) in [5, 5.41) is 19.8. The summed E-state index contributed by atoms with van der Waals surface area (Å²) < 4.78 is 4.80. The van der Waals surface area contributed by atoms with Crippen LogP contribution in [0.25, 0.3) is 0 Å². The molecule has 0 radical (unpaired) electrons. The summed E-state index contributed by atoms with van der Waals surface area (Å²) in [4.78, 5) is 11.0. The van der Waals surface area contributed by atoms with E-state index in [1.807, 2.05) is 0 Å². The lowest BCUT2D eigenvalue weighted by atomic mass is 9.99. The van der Waals surface area contributed by atoms with Crippen molar-refractivity contribution in [1.29, 1.82) is 0 Å². The van der Waals surface area contributed by atoms with Crippen molar-refractivity contribution in [3.05, 3.63) is 0 Å². The number of aliphatic hydroxyl groups excluding tert-OH is 1. The van der Waals surface area contributed by atoms with Gasteiger partial charge < -0.3 is 14.9 Å². The SMILES string of the molecule is CCCCCCCCCCC(O)C1(O)CCC(=O)O1. The van der Waals surface area contributed by atoms with Gasteiger partial charge in [0.2, 0.25) is 5.79 Å². The Bertz CT molecular complexity index is 267. The molecule has 0 spiro atoms. The Morgan fingerprint density at radius 3 is 2.26 bits per heavy atom. The Morgan fingerprint density at radius 1 is 1.16 bits per heavy atom. The molecule has 1 fully saturated rings. The van der Waals surface area contributed by atoms with E-state index < -0.39 is 17.9 Å². The third kappa shape index (κ3) is 5.91. The minimum atomic E-state index is -1.63. The molecule has 0 aromatic carbocycles. The molecule has 2 N–H and O–H groups in total. The van der Waals surface area contributed by atoms with Gasteiger partial charge >= 0.3 is 5.97 Å². The zero-order valence-electron chi connectivity index (χ0n) is 12.1. The monoisotopic (exact) mass is 272 g/mol. The molecular formula is C15H28O4. The Hall–Kier alpha value is -0.610. The van der Waals surface area contributed by atoms with Crippen molar-refractivity contribution in [3.8, 4) is 0 Å². The van der Waals surface area contributed by atoms with E-state index in [0.29, 0.717) is 6.42 Å². The highest BCUT2D eigenvalue weighted by atomic mass is 16.7. The van der Waals surface area contributed by atoms with E-state index in [2.05, 4.69) is 6.92 Å². The Kier molecular flexibility index (Phi) is 7.39. The van der Waals surface area contributed by atoms with Gasteiger partial charge in [0.15, 0.2) is 0 Å². The third-order valence-corrected chi connectivity index (χ3v) is 3.83. The molecule has 2 atom stereocenters. The number of hydrogen-bond donors (Lipinski definition) is 2. The van der Waals surface area contributed by atoms with E-state index in [1.54, 1.807) is 0 Å². The molecule has 0 saturated carbocycles. The molecule has 0 aromatic heterocycles. The van der Waals surface area contributed by atoms with Gasteiger partial charge in [-0.3, -0.25) is 4.79 Å². The third-order valence-electron chi connectivity index (χ3n) is 3.83. The van der Waals surface area contributed by atoms with E-state index in [0.717, 1.165) is 12.8 Å². The predicted octanol–water partition coefficient (Wildman–Crippen LogP) is 2.90. The summed E-state index contributed by atoms with van der Waals surface area (Å²) in [7, 11) is 0. The number of hydrogen-bond acceptors (Lipinski definition) is 4. The zero-order chi connectivity index (χ0) is 14.1. The predicted molar refractivity (Wildman–Crippen MR) is 73.5 cm³/mol. The van der Waals surface area contributed by atoms with Crippen molar-refractivity contribution >= 4 is 5.97 Å². The molecule has 0 bridgehead atoms. The second-order valence-corrected chi connectivity index (χ2v) is 5.60. The lowest BCUT2D eigenvalue weighted by molar-refractivity contribution is -0.229. The molecule has 1 aliphatic rings. The second kappa shape index (κ2) is 8.54. The Labute approximate surface area is 116 Å². The van der Waals surface area contributed by atoms with Crippen LogP contribution in [0.4, 0.5) is 0 Å². The topological polar surface area (TPSA) is 66.8 Å². The maximum Gasteiger partial charge on any atom is 0.308 e. The minimum Gasteiger partial charge on any atom is -0.430 e. The standard InChI is InChI=1S/C15H28O4/c1-2-3-4-5-6-7-8-9-10-13(16)15(18)12-11-14(17)19-15/h13,16,18H,2-12H2,1H3. The van der Waals surface area contributed by atoms with Gasteiger partial charge in [0.05, 0.1) is 6.42 Å². The molecule has 1 heterocycles. The normalized spacial score (nSPS) is 24.5. The molecule has 0 aliphatic carbocycles. The average molecular weight is 272 g/mol. The second-order valence-electron chi connectivity index (χ2n) is 5.60. The van der Waals surface area contributed by atoms with Gasteiger partial charge in [-0.25, -0.2) is 0 Å². The van der Waals surface area contributed by atoms with Crippen molar-refractivity contribution in [2.24, 2.45) is 0 Å². The maximum absolute atomic E-state index is 11.0. The van der Waals surface area contributed by atoms with Crippen molar-refractivity contribution < 1.29 is 19.7 Å². The first kappa shape index (κ1) is 16.4. The highest BCUT2D eigenvalue weighted by molar-refractivity contribution is 5.72. The molecule has 112 valence electrons. The molecule has 19 heavy (non-hydrogen) atoms. The van der Waals surface area contributed by atoms with E-state index in [1.165, 1.54) is 38.5 Å². The van der Waals surface area contributed by atoms with Crippen molar-refractivity contribution in [1.82, 2.24) is 0 Å². The Morgan fingerprint density at radius 2 is 1.74 bits per heavy atom. The van der Waals surface area contributed by atoms with Gasteiger partial charge in [-0.1, -0.05) is 58.3 Å². The molecule has 2 unspecified atom stereocenters. The molecule has 0 amide bonds. The summed E-state index contributed by atoms with van der Waals surface area (Å²) in [5.74, 6) is -2.05. The first-order chi connectivity index (χ1) is 9.08. The number of cyclic esters (lactones) is 1. The number of ether oxygens (including phenoxy) is 1. The number of aliphatic hydroxyl groups is 2. The van der Waals surface area contributed by atoms with Crippen LogP contribution in [0.5, 0.6) is 0 Å². The van der Waals surface area contributed by atoms with Crippen LogP contribution in [0.1, 0.15) is 77.6 Å². The van der Waals surface area contributed by atoms with Gasteiger partial charge in [-0.2, -0.15) is 0 Å². The average Bonchev–Trinajstić information content (AvgIpc) is 2.73. The van der Waals surface area contributed by atoms with Crippen molar-refractivity contribution in [2.75, 3.05) is 0 Å². The number of unbranched alkanes of at least 4 members (excludes halogenated alkanes) is 7. The largest absolute Gasteiger partial charge is 0.430 e. The Balaban J connectivity index is 2.01. The zero-order valence-corrected chi connectivity index (χ0v) is 12.1. The highest BCUT2D eigenvalue weighted by Gasteiger charge is 2.44. The number of carbonyl (C=O) groups excluding carboxylic acids is 1. The van der Waals surface area contributed by atoms with Gasteiger partial charge in [-0.15, -0.1) is 0 Å². The highest BCUT2D eigenvalue weighted by Crippen LogP contribution is 2.29. The van der Waals surface area contributed by atoms with Crippen molar-refractivity contribution in [3.63, 3.8) is 0 Å².